The zero-order chi connectivity index (χ0) is 16.0. The van der Waals surface area contributed by atoms with Gasteiger partial charge >= 0.3 is 0 Å². The van der Waals surface area contributed by atoms with E-state index in [0.717, 1.165) is 0 Å². The predicted octanol–water partition coefficient (Wildman–Crippen LogP) is 3.86. The number of rotatable bonds is 2. The highest BCUT2D eigenvalue weighted by atomic mass is 35.5. The smallest absolute Gasteiger partial charge is 0.227 e. The summed E-state index contributed by atoms with van der Waals surface area (Å²) in [5, 5.41) is 4.81. The van der Waals surface area contributed by atoms with E-state index in [2.05, 4.69) is 15.1 Å². The van der Waals surface area contributed by atoms with Crippen molar-refractivity contribution >= 4 is 28.8 Å². The van der Waals surface area contributed by atoms with Crippen molar-refractivity contribution in [2.75, 3.05) is 7.11 Å². The molecule has 0 saturated carbocycles. The van der Waals surface area contributed by atoms with Crippen molar-refractivity contribution in [2.45, 2.75) is 13.8 Å². The molecule has 8 heteroatoms. The van der Waals surface area contributed by atoms with E-state index in [0.29, 0.717) is 33.3 Å². The van der Waals surface area contributed by atoms with Gasteiger partial charge in [0, 0.05) is 11.6 Å². The van der Waals surface area contributed by atoms with E-state index < -0.39 is 5.82 Å². The normalized spacial score (nSPS) is 11.2. The number of halogens is 3. The van der Waals surface area contributed by atoms with Crippen LogP contribution in [0.1, 0.15) is 11.5 Å². The van der Waals surface area contributed by atoms with Gasteiger partial charge < -0.3 is 4.74 Å². The Morgan fingerprint density at radius 2 is 1.91 bits per heavy atom. The Balaban J connectivity index is 2.36. The highest BCUT2D eigenvalue weighted by Gasteiger charge is 2.20. The minimum Gasteiger partial charge on any atom is -0.494 e. The first-order valence-electron chi connectivity index (χ1n) is 6.35. The predicted molar refractivity (Wildman–Crippen MR) is 82.2 cm³/mol. The van der Waals surface area contributed by atoms with Crippen molar-refractivity contribution in [1.82, 2.24) is 19.6 Å². The fourth-order valence-corrected chi connectivity index (χ4v) is 2.79. The molecule has 5 nitrogen and oxygen atoms in total. The van der Waals surface area contributed by atoms with E-state index in [1.807, 2.05) is 0 Å². The summed E-state index contributed by atoms with van der Waals surface area (Å²) in [4.78, 5) is 8.38. The van der Waals surface area contributed by atoms with Crippen LogP contribution in [0.5, 0.6) is 5.75 Å². The first kappa shape index (κ1) is 15.0. The van der Waals surface area contributed by atoms with Gasteiger partial charge in [0.15, 0.2) is 17.2 Å². The van der Waals surface area contributed by atoms with Crippen LogP contribution in [0.2, 0.25) is 10.3 Å². The maximum Gasteiger partial charge on any atom is 0.227 e. The van der Waals surface area contributed by atoms with Gasteiger partial charge in [-0.2, -0.15) is 9.61 Å². The molecule has 0 aliphatic carbocycles. The van der Waals surface area contributed by atoms with Crippen LogP contribution >= 0.6 is 23.2 Å². The molecule has 0 saturated heterocycles. The van der Waals surface area contributed by atoms with E-state index >= 15 is 0 Å². The average molecular weight is 341 g/mol. The van der Waals surface area contributed by atoms with Crippen molar-refractivity contribution in [2.24, 2.45) is 0 Å². The van der Waals surface area contributed by atoms with Crippen LogP contribution in [-0.2, 0) is 0 Å². The van der Waals surface area contributed by atoms with Crippen LogP contribution in [0.3, 0.4) is 0 Å². The highest BCUT2D eigenvalue weighted by molar-refractivity contribution is 6.33. The summed E-state index contributed by atoms with van der Waals surface area (Å²) < 4.78 is 20.4. The van der Waals surface area contributed by atoms with Crippen molar-refractivity contribution in [3.05, 3.63) is 39.8 Å². The third-order valence-corrected chi connectivity index (χ3v) is 3.80. The summed E-state index contributed by atoms with van der Waals surface area (Å²) in [6.45, 7) is 3.49. The Morgan fingerprint density at radius 3 is 2.59 bits per heavy atom. The molecule has 0 atom stereocenters. The number of hydrogen-bond acceptors (Lipinski definition) is 4. The second-order valence-electron chi connectivity index (χ2n) is 4.70. The van der Waals surface area contributed by atoms with E-state index in [-0.39, 0.29) is 11.0 Å². The molecule has 0 aliphatic heterocycles. The largest absolute Gasteiger partial charge is 0.494 e. The zero-order valence-electron chi connectivity index (χ0n) is 12.0. The minimum atomic E-state index is -0.516. The Labute approximate surface area is 135 Å². The summed E-state index contributed by atoms with van der Waals surface area (Å²) in [7, 11) is 1.38. The number of benzene rings is 1. The topological polar surface area (TPSA) is 52.3 Å². The molecule has 22 heavy (non-hydrogen) atoms. The molecular weight excluding hydrogens is 330 g/mol. The van der Waals surface area contributed by atoms with Crippen molar-refractivity contribution < 1.29 is 9.13 Å². The average Bonchev–Trinajstić information content (AvgIpc) is 2.77. The molecular formula is C14H11Cl2FN4O. The second kappa shape index (κ2) is 5.37. The maximum absolute atomic E-state index is 14.0. The molecule has 1 aromatic carbocycles. The molecule has 0 bridgehead atoms. The van der Waals surface area contributed by atoms with Crippen LogP contribution < -0.4 is 4.74 Å². The van der Waals surface area contributed by atoms with Crippen LogP contribution in [0, 0.1) is 19.7 Å². The fraction of sp³-hybridized carbons (Fsp3) is 0.214. The first-order valence-corrected chi connectivity index (χ1v) is 7.11. The van der Waals surface area contributed by atoms with Crippen LogP contribution in [0.25, 0.3) is 16.8 Å². The molecule has 0 amide bonds. The quantitative estimate of drug-likeness (QED) is 0.710. The standard InChI is InChI=1S/C14H11Cl2FN4O/c1-6-12(8-4-10(17)11(22-3)5-9(8)15)13-18-7(2)19-14(16)21(13)20-6/h4-5H,1-3H3. The van der Waals surface area contributed by atoms with Crippen LogP contribution in [0.15, 0.2) is 12.1 Å². The van der Waals surface area contributed by atoms with Crippen molar-refractivity contribution in [3.63, 3.8) is 0 Å². The molecule has 3 rings (SSSR count). The zero-order valence-corrected chi connectivity index (χ0v) is 13.5. The third kappa shape index (κ3) is 2.28. The summed E-state index contributed by atoms with van der Waals surface area (Å²) in [5.74, 6) is 0.0491. The molecule has 3 aromatic rings. The Kier molecular flexibility index (Phi) is 3.66. The van der Waals surface area contributed by atoms with Crippen LogP contribution in [-0.4, -0.2) is 26.7 Å². The first-order chi connectivity index (χ1) is 10.4. The van der Waals surface area contributed by atoms with E-state index in [4.69, 9.17) is 27.9 Å². The minimum absolute atomic E-state index is 0.0757. The molecule has 0 spiro atoms. The van der Waals surface area contributed by atoms with Gasteiger partial charge in [-0.1, -0.05) is 11.6 Å². The van der Waals surface area contributed by atoms with E-state index in [1.54, 1.807) is 13.8 Å². The SMILES string of the molecule is COc1cc(Cl)c(-c2c(C)nn3c(Cl)nc(C)nc23)cc1F. The van der Waals surface area contributed by atoms with Gasteiger partial charge in [0.25, 0.3) is 0 Å². The molecule has 2 aromatic heterocycles. The lowest BCUT2D eigenvalue weighted by molar-refractivity contribution is 0.386. The number of aromatic nitrogens is 4. The monoisotopic (exact) mass is 340 g/mol. The molecule has 0 N–H and O–H groups in total. The molecule has 0 unspecified atom stereocenters. The summed E-state index contributed by atoms with van der Waals surface area (Å²) in [5.41, 5.74) is 2.18. The van der Waals surface area contributed by atoms with Crippen molar-refractivity contribution in [3.8, 4) is 16.9 Å². The molecule has 0 radical (unpaired) electrons. The maximum atomic E-state index is 14.0. The van der Waals surface area contributed by atoms with Gasteiger partial charge in [-0.3, -0.25) is 0 Å². The third-order valence-electron chi connectivity index (χ3n) is 3.24. The molecule has 0 aliphatic rings. The number of aryl methyl sites for hydroxylation is 2. The fourth-order valence-electron chi connectivity index (χ4n) is 2.30. The molecule has 2 heterocycles. The number of fused-ring (bicyclic) bond motifs is 1. The van der Waals surface area contributed by atoms with Gasteiger partial charge in [0.2, 0.25) is 5.28 Å². The van der Waals surface area contributed by atoms with E-state index in [1.165, 1.54) is 23.8 Å². The Morgan fingerprint density at radius 1 is 1.18 bits per heavy atom. The summed E-state index contributed by atoms with van der Waals surface area (Å²) in [6.07, 6.45) is 0. The van der Waals surface area contributed by atoms with Gasteiger partial charge in [-0.25, -0.2) is 14.4 Å². The lowest BCUT2D eigenvalue weighted by Gasteiger charge is -2.08. The number of nitrogens with zero attached hydrogens (tertiary/aromatic N) is 4. The Bertz CT molecular complexity index is 894. The summed E-state index contributed by atoms with van der Waals surface area (Å²) >= 11 is 12.3. The van der Waals surface area contributed by atoms with Crippen LogP contribution in [0.4, 0.5) is 4.39 Å². The number of hydrogen-bond donors (Lipinski definition) is 0. The Hall–Kier alpha value is -1.92. The molecule has 114 valence electrons. The van der Waals surface area contributed by atoms with Gasteiger partial charge in [0.05, 0.1) is 23.4 Å². The lowest BCUT2D eigenvalue weighted by atomic mass is 10.1. The lowest BCUT2D eigenvalue weighted by Crippen LogP contribution is -1.99. The number of ether oxygens (including phenoxy) is 1. The highest BCUT2D eigenvalue weighted by Crippen LogP contribution is 2.37. The van der Waals surface area contributed by atoms with E-state index in [9.17, 15) is 4.39 Å². The van der Waals surface area contributed by atoms with Gasteiger partial charge in [-0.05, 0) is 31.5 Å². The van der Waals surface area contributed by atoms with Gasteiger partial charge in [0.1, 0.15) is 5.82 Å². The summed E-state index contributed by atoms with van der Waals surface area (Å²) in [6, 6.07) is 2.72. The molecule has 0 fully saturated rings. The number of methoxy groups -OCH3 is 1. The van der Waals surface area contributed by atoms with Gasteiger partial charge in [-0.15, -0.1) is 0 Å². The second-order valence-corrected chi connectivity index (χ2v) is 5.45. The van der Waals surface area contributed by atoms with Crippen molar-refractivity contribution in [1.29, 1.82) is 0 Å².